The molecule has 1 aromatic heterocycles. The highest BCUT2D eigenvalue weighted by molar-refractivity contribution is 9.10. The van der Waals surface area contributed by atoms with Crippen molar-refractivity contribution in [3.63, 3.8) is 0 Å². The molecule has 2 rings (SSSR count). The summed E-state index contributed by atoms with van der Waals surface area (Å²) in [4.78, 5) is 11.6. The fourth-order valence-electron chi connectivity index (χ4n) is 2.08. The molecule has 2 aromatic rings. The van der Waals surface area contributed by atoms with Crippen LogP contribution in [0, 0.1) is 0 Å². The van der Waals surface area contributed by atoms with Crippen molar-refractivity contribution in [3.8, 4) is 0 Å². The largest absolute Gasteiger partial charge is 0.480 e. The minimum Gasteiger partial charge on any atom is -0.480 e. The molecule has 1 aromatic carbocycles. The predicted octanol–water partition coefficient (Wildman–Crippen LogP) is 3.49. The topological polar surface area (TPSA) is 62.5 Å². The molecule has 0 saturated carbocycles. The number of benzene rings is 1. The molecule has 0 saturated heterocycles. The maximum Gasteiger partial charge on any atom is 0.331 e. The predicted molar refractivity (Wildman–Crippen MR) is 77.2 cm³/mol. The second-order valence-corrected chi connectivity index (χ2v) is 5.94. The molecule has 0 spiro atoms. The van der Waals surface area contributed by atoms with Gasteiger partial charge in [0.1, 0.15) is 11.3 Å². The van der Waals surface area contributed by atoms with Gasteiger partial charge in [-0.2, -0.15) is 0 Å². The molecule has 2 N–H and O–H groups in total. The Balaban J connectivity index is 2.53. The van der Waals surface area contributed by atoms with E-state index >= 15 is 0 Å². The van der Waals surface area contributed by atoms with Gasteiger partial charge in [0.15, 0.2) is 5.54 Å². The minimum absolute atomic E-state index is 0.0287. The van der Waals surface area contributed by atoms with Gasteiger partial charge in [-0.15, -0.1) is 0 Å². The molecule has 0 fully saturated rings. The van der Waals surface area contributed by atoms with E-state index in [1.54, 1.807) is 13.0 Å². The van der Waals surface area contributed by atoms with Crippen LogP contribution in [0.3, 0.4) is 0 Å². The highest BCUT2D eigenvalue weighted by Crippen LogP contribution is 2.30. The van der Waals surface area contributed by atoms with Crippen LogP contribution in [-0.4, -0.2) is 17.1 Å². The summed E-state index contributed by atoms with van der Waals surface area (Å²) < 4.78 is 6.62. The molecule has 0 aliphatic heterocycles. The molecule has 4 nitrogen and oxygen atoms in total. The van der Waals surface area contributed by atoms with Crippen molar-refractivity contribution < 1.29 is 14.3 Å². The van der Waals surface area contributed by atoms with E-state index in [9.17, 15) is 9.90 Å². The highest BCUT2D eigenvalue weighted by atomic mass is 79.9. The fraction of sp³-hybridized carbons (Fsp3) is 0.357. The van der Waals surface area contributed by atoms with Gasteiger partial charge in [-0.05, 0) is 45.0 Å². The number of carboxylic acids is 1. The minimum atomic E-state index is -1.24. The molecule has 102 valence electrons. The number of fused-ring (bicyclic) bond motifs is 1. The Morgan fingerprint density at radius 3 is 2.68 bits per heavy atom. The third-order valence-corrected chi connectivity index (χ3v) is 3.47. The summed E-state index contributed by atoms with van der Waals surface area (Å²) in [6, 6.07) is 7.38. The van der Waals surface area contributed by atoms with E-state index in [2.05, 4.69) is 21.2 Å². The second-order valence-electron chi connectivity index (χ2n) is 5.02. The average molecular weight is 326 g/mol. The van der Waals surface area contributed by atoms with Crippen LogP contribution in [0.5, 0.6) is 0 Å². The van der Waals surface area contributed by atoms with Crippen molar-refractivity contribution in [2.24, 2.45) is 0 Å². The van der Waals surface area contributed by atoms with E-state index < -0.39 is 11.5 Å². The third-order valence-electron chi connectivity index (χ3n) is 2.98. The quantitative estimate of drug-likeness (QED) is 0.903. The Hall–Kier alpha value is -1.33. The van der Waals surface area contributed by atoms with E-state index in [-0.39, 0.29) is 6.04 Å². The zero-order chi connectivity index (χ0) is 14.2. The summed E-state index contributed by atoms with van der Waals surface area (Å²) in [7, 11) is 0. The van der Waals surface area contributed by atoms with Crippen molar-refractivity contribution in [1.82, 2.24) is 5.32 Å². The molecular weight excluding hydrogens is 310 g/mol. The van der Waals surface area contributed by atoms with Crippen molar-refractivity contribution >= 4 is 32.9 Å². The maximum absolute atomic E-state index is 11.6. The summed E-state index contributed by atoms with van der Waals surface area (Å²) in [6.07, 6.45) is 0. The van der Waals surface area contributed by atoms with Gasteiger partial charge >= 0.3 is 5.97 Å². The van der Waals surface area contributed by atoms with Gasteiger partial charge in [0, 0.05) is 15.9 Å². The Labute approximate surface area is 119 Å². The number of hydrogen-bond acceptors (Lipinski definition) is 3. The Morgan fingerprint density at radius 1 is 1.42 bits per heavy atom. The van der Waals surface area contributed by atoms with Gasteiger partial charge < -0.3 is 9.52 Å². The van der Waals surface area contributed by atoms with Crippen LogP contribution < -0.4 is 5.32 Å². The van der Waals surface area contributed by atoms with E-state index in [0.29, 0.717) is 11.3 Å². The summed E-state index contributed by atoms with van der Waals surface area (Å²) in [5, 5.41) is 13.4. The SMILES string of the molecule is CC(C)NC(C)(C(=O)O)c1cc2cc(Br)ccc2o1. The first kappa shape index (κ1) is 14.1. The number of halogens is 1. The molecular formula is C14H16BrNO3. The highest BCUT2D eigenvalue weighted by Gasteiger charge is 2.39. The monoisotopic (exact) mass is 325 g/mol. The van der Waals surface area contributed by atoms with Crippen LogP contribution in [-0.2, 0) is 10.3 Å². The van der Waals surface area contributed by atoms with Crippen LogP contribution in [0.1, 0.15) is 26.5 Å². The van der Waals surface area contributed by atoms with Gasteiger partial charge in [0.2, 0.25) is 0 Å². The molecule has 0 radical (unpaired) electrons. The first-order valence-electron chi connectivity index (χ1n) is 6.03. The van der Waals surface area contributed by atoms with E-state index in [0.717, 1.165) is 9.86 Å². The molecule has 1 heterocycles. The van der Waals surface area contributed by atoms with Gasteiger partial charge in [0.25, 0.3) is 0 Å². The van der Waals surface area contributed by atoms with Gasteiger partial charge in [-0.1, -0.05) is 15.9 Å². The first-order valence-corrected chi connectivity index (χ1v) is 6.83. The second kappa shape index (κ2) is 4.98. The Bertz CT molecular complexity index is 620. The number of nitrogens with one attached hydrogen (secondary N) is 1. The molecule has 19 heavy (non-hydrogen) atoms. The number of aliphatic carboxylic acids is 1. The van der Waals surface area contributed by atoms with Gasteiger partial charge in [0.05, 0.1) is 0 Å². The van der Waals surface area contributed by atoms with E-state index in [1.165, 1.54) is 0 Å². The van der Waals surface area contributed by atoms with Crippen molar-refractivity contribution in [2.45, 2.75) is 32.4 Å². The summed E-state index contributed by atoms with van der Waals surface area (Å²) >= 11 is 3.39. The van der Waals surface area contributed by atoms with Crippen LogP contribution in [0.25, 0.3) is 11.0 Å². The number of hydrogen-bond donors (Lipinski definition) is 2. The van der Waals surface area contributed by atoms with E-state index in [1.807, 2.05) is 32.0 Å². The number of carboxylic acid groups (broad SMARTS) is 1. The van der Waals surface area contributed by atoms with Gasteiger partial charge in [-0.3, -0.25) is 5.32 Å². The molecule has 0 bridgehead atoms. The number of rotatable bonds is 4. The molecule has 5 heteroatoms. The molecule has 1 atom stereocenters. The van der Waals surface area contributed by atoms with Crippen LogP contribution in [0.2, 0.25) is 0 Å². The van der Waals surface area contributed by atoms with Crippen molar-refractivity contribution in [2.75, 3.05) is 0 Å². The number of carbonyl (C=O) groups is 1. The van der Waals surface area contributed by atoms with Crippen LogP contribution in [0.4, 0.5) is 0 Å². The molecule has 1 unspecified atom stereocenters. The zero-order valence-corrected chi connectivity index (χ0v) is 12.6. The smallest absolute Gasteiger partial charge is 0.331 e. The standard InChI is InChI=1S/C14H16BrNO3/c1-8(2)16-14(3,13(17)18)12-7-9-6-10(15)4-5-11(9)19-12/h4-8,16H,1-3H3,(H,17,18). The molecule has 0 amide bonds. The zero-order valence-electron chi connectivity index (χ0n) is 11.0. The lowest BCUT2D eigenvalue weighted by molar-refractivity contribution is -0.145. The summed E-state index contributed by atoms with van der Waals surface area (Å²) in [5.41, 5.74) is -0.559. The lowest BCUT2D eigenvalue weighted by Gasteiger charge is -2.26. The van der Waals surface area contributed by atoms with Crippen LogP contribution >= 0.6 is 15.9 Å². The van der Waals surface area contributed by atoms with Crippen molar-refractivity contribution in [1.29, 1.82) is 0 Å². The van der Waals surface area contributed by atoms with Crippen molar-refractivity contribution in [3.05, 3.63) is 34.5 Å². The lowest BCUT2D eigenvalue weighted by Crippen LogP contribution is -2.49. The maximum atomic E-state index is 11.6. The van der Waals surface area contributed by atoms with Crippen LogP contribution in [0.15, 0.2) is 33.2 Å². The Kier molecular flexibility index (Phi) is 3.69. The van der Waals surface area contributed by atoms with Gasteiger partial charge in [-0.25, -0.2) is 4.79 Å². The molecule has 0 aliphatic rings. The fourth-order valence-corrected chi connectivity index (χ4v) is 2.46. The number of furan rings is 1. The lowest BCUT2D eigenvalue weighted by atomic mass is 9.97. The third kappa shape index (κ3) is 2.67. The summed E-state index contributed by atoms with van der Waals surface area (Å²) in [6.45, 7) is 5.42. The van der Waals surface area contributed by atoms with E-state index in [4.69, 9.17) is 4.42 Å². The normalized spacial score (nSPS) is 14.8. The molecule has 0 aliphatic carbocycles. The first-order chi connectivity index (χ1) is 8.83. The summed E-state index contributed by atoms with van der Waals surface area (Å²) in [5.74, 6) is -0.555. The average Bonchev–Trinajstić information content (AvgIpc) is 2.70. The Morgan fingerprint density at radius 2 is 2.11 bits per heavy atom.